The first-order valence-corrected chi connectivity index (χ1v) is 11.4. The Kier molecular flexibility index (Phi) is 6.54. The zero-order chi connectivity index (χ0) is 23.8. The minimum Gasteiger partial charge on any atom is -0.370 e. The number of alkyl halides is 3. The van der Waals surface area contributed by atoms with Crippen molar-refractivity contribution in [1.82, 2.24) is 5.32 Å². The van der Waals surface area contributed by atoms with E-state index in [1.165, 1.54) is 24.3 Å². The molecular weight excluding hydrogens is 434 g/mol. The summed E-state index contributed by atoms with van der Waals surface area (Å²) in [5.74, 6) is 0.0944. The van der Waals surface area contributed by atoms with E-state index < -0.39 is 23.4 Å². The molecular formula is C26H29F4NO2. The summed E-state index contributed by atoms with van der Waals surface area (Å²) in [5.41, 5.74) is 0.144. The number of hydrogen-bond donors (Lipinski definition) is 1. The molecule has 2 aromatic carbocycles. The quantitative estimate of drug-likeness (QED) is 0.546. The lowest BCUT2D eigenvalue weighted by Crippen LogP contribution is -2.60. The van der Waals surface area contributed by atoms with E-state index in [0.717, 1.165) is 37.0 Å². The standard InChI is InChI=1S/C26H29F4NO2/c1-16-3-12-21-22(13-16)33-23(18-6-8-19(9-7-18)26(28,29)30)15-25(21,2)31-24(32)14-17-4-10-20(27)11-5-17/h4-11,16,21-23H,3,12-15H2,1-2H3,(H,31,32)/t16-,21-,22-,23-,25-/m0/s1. The SMILES string of the molecule is C[C@H]1CC[C@H]2[C@H](C1)O[C@H](c1ccc(C(F)(F)F)cc1)C[C@]2(C)NC(=O)Cc1ccc(F)cc1. The van der Waals surface area contributed by atoms with Crippen molar-refractivity contribution in [2.75, 3.05) is 0 Å². The lowest BCUT2D eigenvalue weighted by atomic mass is 9.66. The molecule has 1 saturated heterocycles. The number of benzene rings is 2. The molecule has 2 fully saturated rings. The first kappa shape index (κ1) is 23.7. The second-order valence-corrected chi connectivity index (χ2v) is 9.78. The molecule has 0 spiro atoms. The zero-order valence-corrected chi connectivity index (χ0v) is 18.8. The number of hydrogen-bond acceptors (Lipinski definition) is 2. The summed E-state index contributed by atoms with van der Waals surface area (Å²) in [6.45, 7) is 4.19. The van der Waals surface area contributed by atoms with Gasteiger partial charge in [-0.3, -0.25) is 4.79 Å². The molecule has 1 aliphatic heterocycles. The number of halogens is 4. The van der Waals surface area contributed by atoms with E-state index in [1.807, 2.05) is 6.92 Å². The predicted molar refractivity (Wildman–Crippen MR) is 117 cm³/mol. The molecule has 33 heavy (non-hydrogen) atoms. The largest absolute Gasteiger partial charge is 0.416 e. The van der Waals surface area contributed by atoms with Gasteiger partial charge in [-0.1, -0.05) is 37.6 Å². The Balaban J connectivity index is 1.55. The van der Waals surface area contributed by atoms with Gasteiger partial charge in [0.2, 0.25) is 5.91 Å². The molecule has 2 aliphatic rings. The minimum absolute atomic E-state index is 0.0779. The van der Waals surface area contributed by atoms with E-state index in [2.05, 4.69) is 12.2 Å². The molecule has 1 amide bonds. The van der Waals surface area contributed by atoms with E-state index in [9.17, 15) is 22.4 Å². The highest BCUT2D eigenvalue weighted by Gasteiger charge is 2.49. The molecule has 3 nitrogen and oxygen atoms in total. The van der Waals surface area contributed by atoms with Gasteiger partial charge in [0.05, 0.1) is 24.2 Å². The molecule has 1 aliphatic carbocycles. The number of ether oxygens (including phenoxy) is 1. The Morgan fingerprint density at radius 3 is 2.39 bits per heavy atom. The van der Waals surface area contributed by atoms with Crippen molar-refractivity contribution in [2.45, 2.75) is 69.9 Å². The van der Waals surface area contributed by atoms with E-state index in [4.69, 9.17) is 4.74 Å². The number of nitrogens with one attached hydrogen (secondary N) is 1. The Hall–Kier alpha value is -2.41. The monoisotopic (exact) mass is 463 g/mol. The van der Waals surface area contributed by atoms with Crippen LogP contribution in [0, 0.1) is 17.7 Å². The van der Waals surface area contributed by atoms with Crippen molar-refractivity contribution >= 4 is 5.91 Å². The van der Waals surface area contributed by atoms with Gasteiger partial charge in [-0.2, -0.15) is 13.2 Å². The molecule has 178 valence electrons. The lowest BCUT2D eigenvalue weighted by Gasteiger charge is -2.52. The van der Waals surface area contributed by atoms with Gasteiger partial charge in [0, 0.05) is 17.9 Å². The van der Waals surface area contributed by atoms with Gasteiger partial charge in [-0.05, 0) is 61.1 Å². The van der Waals surface area contributed by atoms with E-state index in [1.54, 1.807) is 12.1 Å². The predicted octanol–water partition coefficient (Wildman–Crippen LogP) is 6.23. The fourth-order valence-electron chi connectivity index (χ4n) is 5.38. The van der Waals surface area contributed by atoms with Crippen LogP contribution in [0.1, 0.15) is 62.3 Å². The van der Waals surface area contributed by atoms with Gasteiger partial charge in [0.25, 0.3) is 0 Å². The molecule has 0 bridgehead atoms. The third kappa shape index (κ3) is 5.40. The van der Waals surface area contributed by atoms with E-state index in [0.29, 0.717) is 17.9 Å². The highest BCUT2D eigenvalue weighted by molar-refractivity contribution is 5.79. The second kappa shape index (κ2) is 9.09. The van der Waals surface area contributed by atoms with Crippen molar-refractivity contribution in [1.29, 1.82) is 0 Å². The normalized spacial score (nSPS) is 29.9. The van der Waals surface area contributed by atoms with Crippen LogP contribution in [0.15, 0.2) is 48.5 Å². The van der Waals surface area contributed by atoms with Crippen LogP contribution in [0.3, 0.4) is 0 Å². The first-order valence-electron chi connectivity index (χ1n) is 11.4. The average molecular weight is 464 g/mol. The Morgan fingerprint density at radius 1 is 1.09 bits per heavy atom. The van der Waals surface area contributed by atoms with Crippen LogP contribution in [0.25, 0.3) is 0 Å². The van der Waals surface area contributed by atoms with Gasteiger partial charge in [-0.25, -0.2) is 4.39 Å². The molecule has 5 atom stereocenters. The fraction of sp³-hybridized carbons (Fsp3) is 0.500. The highest BCUT2D eigenvalue weighted by atomic mass is 19.4. The molecule has 0 unspecified atom stereocenters. The Morgan fingerprint density at radius 2 is 1.76 bits per heavy atom. The summed E-state index contributed by atoms with van der Waals surface area (Å²) in [4.78, 5) is 12.9. The summed E-state index contributed by atoms with van der Waals surface area (Å²) in [5, 5.41) is 3.22. The van der Waals surface area contributed by atoms with E-state index in [-0.39, 0.29) is 30.2 Å². The third-order valence-electron chi connectivity index (χ3n) is 7.13. The van der Waals surface area contributed by atoms with E-state index >= 15 is 0 Å². The Labute approximate surface area is 191 Å². The summed E-state index contributed by atoms with van der Waals surface area (Å²) < 4.78 is 58.6. The van der Waals surface area contributed by atoms with Gasteiger partial charge < -0.3 is 10.1 Å². The van der Waals surface area contributed by atoms with Crippen molar-refractivity contribution in [3.05, 3.63) is 71.0 Å². The molecule has 0 aromatic heterocycles. The van der Waals surface area contributed by atoms with Crippen LogP contribution >= 0.6 is 0 Å². The molecule has 2 aromatic rings. The molecule has 1 heterocycles. The maximum Gasteiger partial charge on any atom is 0.416 e. The maximum absolute atomic E-state index is 13.2. The number of carbonyl (C=O) groups excluding carboxylic acids is 1. The summed E-state index contributed by atoms with van der Waals surface area (Å²) in [6.07, 6.45) is -1.46. The molecule has 4 rings (SSSR count). The Bertz CT molecular complexity index is 973. The topological polar surface area (TPSA) is 38.3 Å². The maximum atomic E-state index is 13.2. The van der Waals surface area contributed by atoms with Gasteiger partial charge in [0.1, 0.15) is 5.82 Å². The first-order chi connectivity index (χ1) is 15.5. The zero-order valence-electron chi connectivity index (χ0n) is 18.8. The second-order valence-electron chi connectivity index (χ2n) is 9.78. The molecule has 1 saturated carbocycles. The summed E-state index contributed by atoms with van der Waals surface area (Å²) in [7, 11) is 0. The third-order valence-corrected chi connectivity index (χ3v) is 7.13. The van der Waals surface area contributed by atoms with Gasteiger partial charge >= 0.3 is 6.18 Å². The van der Waals surface area contributed by atoms with Crippen LogP contribution in [-0.2, 0) is 22.1 Å². The summed E-state index contributed by atoms with van der Waals surface area (Å²) in [6, 6.07) is 11.0. The van der Waals surface area contributed by atoms with Crippen molar-refractivity contribution < 1.29 is 27.1 Å². The number of rotatable bonds is 4. The molecule has 0 radical (unpaired) electrons. The van der Waals surface area contributed by atoms with Gasteiger partial charge in [-0.15, -0.1) is 0 Å². The smallest absolute Gasteiger partial charge is 0.370 e. The highest BCUT2D eigenvalue weighted by Crippen LogP contribution is 2.48. The van der Waals surface area contributed by atoms with Crippen molar-refractivity contribution in [2.24, 2.45) is 11.8 Å². The fourth-order valence-corrected chi connectivity index (χ4v) is 5.38. The molecule has 1 N–H and O–H groups in total. The van der Waals surface area contributed by atoms with Crippen LogP contribution < -0.4 is 5.32 Å². The molecule has 7 heteroatoms. The van der Waals surface area contributed by atoms with Crippen LogP contribution in [0.5, 0.6) is 0 Å². The lowest BCUT2D eigenvalue weighted by molar-refractivity contribution is -0.153. The van der Waals surface area contributed by atoms with Gasteiger partial charge in [0.15, 0.2) is 0 Å². The number of amides is 1. The van der Waals surface area contributed by atoms with Crippen LogP contribution in [0.2, 0.25) is 0 Å². The summed E-state index contributed by atoms with van der Waals surface area (Å²) >= 11 is 0. The number of fused-ring (bicyclic) bond motifs is 1. The minimum atomic E-state index is -4.39. The number of carbonyl (C=O) groups is 1. The van der Waals surface area contributed by atoms with Crippen LogP contribution in [0.4, 0.5) is 17.6 Å². The van der Waals surface area contributed by atoms with Crippen molar-refractivity contribution in [3.63, 3.8) is 0 Å². The average Bonchev–Trinajstić information content (AvgIpc) is 2.74. The van der Waals surface area contributed by atoms with Crippen LogP contribution in [-0.4, -0.2) is 17.6 Å². The van der Waals surface area contributed by atoms with Crippen molar-refractivity contribution in [3.8, 4) is 0 Å².